The Bertz CT molecular complexity index is 615. The third-order valence-electron chi connectivity index (χ3n) is 5.42. The van der Waals surface area contributed by atoms with E-state index in [4.69, 9.17) is 4.42 Å². The molecule has 2 heteroatoms. The third-order valence-corrected chi connectivity index (χ3v) is 5.42. The molecule has 0 amide bonds. The highest BCUT2D eigenvalue weighted by Crippen LogP contribution is 2.40. The van der Waals surface area contributed by atoms with Crippen LogP contribution in [0.2, 0.25) is 0 Å². The van der Waals surface area contributed by atoms with E-state index in [1.54, 1.807) is 0 Å². The Morgan fingerprint density at radius 1 is 1.14 bits per heavy atom. The Kier molecular flexibility index (Phi) is 4.08. The number of aryl methyl sites for hydroxylation is 1. The highest BCUT2D eigenvalue weighted by Gasteiger charge is 2.31. The molecule has 4 atom stereocenters. The Morgan fingerprint density at radius 3 is 2.67 bits per heavy atom. The summed E-state index contributed by atoms with van der Waals surface area (Å²) in [6.45, 7) is 6.91. The average molecular weight is 285 g/mol. The van der Waals surface area contributed by atoms with E-state index in [9.17, 15) is 0 Å². The Hall–Kier alpha value is -1.28. The van der Waals surface area contributed by atoms with Crippen molar-refractivity contribution in [3.63, 3.8) is 0 Å². The second-order valence-electron chi connectivity index (χ2n) is 6.98. The van der Waals surface area contributed by atoms with Crippen molar-refractivity contribution in [2.45, 2.75) is 46.1 Å². The number of nitrogens with one attached hydrogen (secondary N) is 1. The summed E-state index contributed by atoms with van der Waals surface area (Å²) < 4.78 is 6.13. The molecule has 2 aromatic rings. The molecule has 114 valence electrons. The molecule has 2 nitrogen and oxygen atoms in total. The van der Waals surface area contributed by atoms with Crippen LogP contribution in [-0.4, -0.2) is 7.05 Å². The topological polar surface area (TPSA) is 25.2 Å². The summed E-state index contributed by atoms with van der Waals surface area (Å²) in [4.78, 5) is 0. The summed E-state index contributed by atoms with van der Waals surface area (Å²) in [5.41, 5.74) is 2.30. The number of hydrogen-bond acceptors (Lipinski definition) is 2. The molecule has 1 aromatic heterocycles. The first-order valence-electron chi connectivity index (χ1n) is 8.26. The predicted molar refractivity (Wildman–Crippen MR) is 88.4 cm³/mol. The largest absolute Gasteiger partial charge is 0.459 e. The van der Waals surface area contributed by atoms with Gasteiger partial charge < -0.3 is 9.73 Å². The van der Waals surface area contributed by atoms with Crippen LogP contribution in [0.15, 0.2) is 28.7 Å². The summed E-state index contributed by atoms with van der Waals surface area (Å²) in [5, 5.41) is 4.73. The lowest BCUT2D eigenvalue weighted by molar-refractivity contribution is 0.165. The number of benzene rings is 1. The fourth-order valence-corrected chi connectivity index (χ4v) is 3.84. The van der Waals surface area contributed by atoms with Gasteiger partial charge >= 0.3 is 0 Å². The highest BCUT2D eigenvalue weighted by atomic mass is 16.3. The van der Waals surface area contributed by atoms with E-state index >= 15 is 0 Å². The van der Waals surface area contributed by atoms with Crippen LogP contribution in [0.5, 0.6) is 0 Å². The summed E-state index contributed by atoms with van der Waals surface area (Å²) in [7, 11) is 2.06. The van der Waals surface area contributed by atoms with Gasteiger partial charge in [-0.1, -0.05) is 31.9 Å². The van der Waals surface area contributed by atoms with E-state index in [0.29, 0.717) is 12.0 Å². The summed E-state index contributed by atoms with van der Waals surface area (Å²) in [6, 6.07) is 8.99. The quantitative estimate of drug-likeness (QED) is 0.851. The van der Waals surface area contributed by atoms with Gasteiger partial charge in [-0.25, -0.2) is 0 Å². The molecule has 3 rings (SSSR count). The van der Waals surface area contributed by atoms with Crippen LogP contribution in [0.4, 0.5) is 0 Å². The van der Waals surface area contributed by atoms with Crippen molar-refractivity contribution in [2.75, 3.05) is 7.05 Å². The van der Waals surface area contributed by atoms with Crippen molar-refractivity contribution in [1.82, 2.24) is 5.32 Å². The van der Waals surface area contributed by atoms with E-state index in [0.717, 1.165) is 23.2 Å². The molecule has 0 radical (unpaired) electrons. The van der Waals surface area contributed by atoms with Crippen molar-refractivity contribution in [3.05, 3.63) is 35.6 Å². The van der Waals surface area contributed by atoms with Gasteiger partial charge in [0, 0.05) is 5.39 Å². The molecule has 0 spiro atoms. The monoisotopic (exact) mass is 285 g/mol. The Labute approximate surface area is 127 Å². The van der Waals surface area contributed by atoms with Crippen molar-refractivity contribution in [2.24, 2.45) is 17.8 Å². The van der Waals surface area contributed by atoms with Gasteiger partial charge in [-0.05, 0) is 62.8 Å². The molecule has 1 aliphatic rings. The molecule has 1 saturated carbocycles. The molecule has 1 aliphatic carbocycles. The normalized spacial score (nSPS) is 27.9. The maximum atomic E-state index is 6.13. The minimum Gasteiger partial charge on any atom is -0.459 e. The van der Waals surface area contributed by atoms with Gasteiger partial charge in [0.15, 0.2) is 0 Å². The first-order chi connectivity index (χ1) is 10.1. The maximum Gasteiger partial charge on any atom is 0.134 e. The van der Waals surface area contributed by atoms with E-state index in [2.05, 4.69) is 57.4 Å². The highest BCUT2D eigenvalue weighted by molar-refractivity contribution is 5.78. The lowest BCUT2D eigenvalue weighted by Crippen LogP contribution is -2.31. The minimum absolute atomic E-state index is 0.340. The van der Waals surface area contributed by atoms with Crippen molar-refractivity contribution >= 4 is 11.0 Å². The fourth-order valence-electron chi connectivity index (χ4n) is 3.84. The van der Waals surface area contributed by atoms with Crippen LogP contribution >= 0.6 is 0 Å². The van der Waals surface area contributed by atoms with Gasteiger partial charge in [-0.15, -0.1) is 0 Å². The Morgan fingerprint density at radius 2 is 1.95 bits per heavy atom. The Balaban J connectivity index is 1.87. The molecule has 0 bridgehead atoms. The van der Waals surface area contributed by atoms with Gasteiger partial charge in [0.1, 0.15) is 11.3 Å². The lowest BCUT2D eigenvalue weighted by atomic mass is 9.73. The first-order valence-corrected chi connectivity index (χ1v) is 8.26. The van der Waals surface area contributed by atoms with Crippen LogP contribution in [0.25, 0.3) is 11.0 Å². The zero-order chi connectivity index (χ0) is 15.0. The summed E-state index contributed by atoms with van der Waals surface area (Å²) >= 11 is 0. The average Bonchev–Trinajstić information content (AvgIpc) is 2.86. The number of hydrogen-bond donors (Lipinski definition) is 1. The minimum atomic E-state index is 0.340. The fraction of sp³-hybridized carbons (Fsp3) is 0.579. The third kappa shape index (κ3) is 2.87. The van der Waals surface area contributed by atoms with Crippen LogP contribution in [0, 0.1) is 24.7 Å². The van der Waals surface area contributed by atoms with Gasteiger partial charge in [0.25, 0.3) is 0 Å². The van der Waals surface area contributed by atoms with Crippen molar-refractivity contribution < 1.29 is 4.42 Å². The standard InChI is InChI=1S/C19H27NO/c1-12-5-8-17-16(9-12)11-18(21-17)19(20-4)15-7-6-13(2)14(3)10-15/h5,8-9,11,13-15,19-20H,6-7,10H2,1-4H3. The molecule has 1 aromatic carbocycles. The van der Waals surface area contributed by atoms with Gasteiger partial charge in [-0.2, -0.15) is 0 Å². The molecule has 0 saturated heterocycles. The SMILES string of the molecule is CNC(c1cc2cc(C)ccc2o1)C1CCC(C)C(C)C1. The van der Waals surface area contributed by atoms with Crippen LogP contribution < -0.4 is 5.32 Å². The maximum absolute atomic E-state index is 6.13. The van der Waals surface area contributed by atoms with Crippen molar-refractivity contribution in [1.29, 1.82) is 0 Å². The second kappa shape index (κ2) is 5.84. The second-order valence-corrected chi connectivity index (χ2v) is 6.98. The molecule has 1 N–H and O–H groups in total. The summed E-state index contributed by atoms with van der Waals surface area (Å²) in [5.74, 6) is 3.45. The number of fused-ring (bicyclic) bond motifs is 1. The van der Waals surface area contributed by atoms with E-state index in [-0.39, 0.29) is 0 Å². The van der Waals surface area contributed by atoms with Crippen LogP contribution in [0.1, 0.15) is 50.5 Å². The van der Waals surface area contributed by atoms with E-state index in [1.165, 1.54) is 30.2 Å². The molecule has 1 heterocycles. The molecule has 21 heavy (non-hydrogen) atoms. The molecule has 4 unspecified atom stereocenters. The first kappa shape index (κ1) is 14.6. The van der Waals surface area contributed by atoms with E-state index in [1.807, 2.05) is 0 Å². The van der Waals surface area contributed by atoms with Crippen LogP contribution in [-0.2, 0) is 0 Å². The zero-order valence-electron chi connectivity index (χ0n) is 13.6. The number of furan rings is 1. The predicted octanol–water partition coefficient (Wildman–Crippen LogP) is 5.07. The van der Waals surface area contributed by atoms with Crippen LogP contribution in [0.3, 0.4) is 0 Å². The molecular weight excluding hydrogens is 258 g/mol. The van der Waals surface area contributed by atoms with Crippen molar-refractivity contribution in [3.8, 4) is 0 Å². The van der Waals surface area contributed by atoms with E-state index < -0.39 is 0 Å². The molecule has 1 fully saturated rings. The molecular formula is C19H27NO. The zero-order valence-corrected chi connectivity index (χ0v) is 13.6. The molecule has 0 aliphatic heterocycles. The van der Waals surface area contributed by atoms with Gasteiger partial charge in [-0.3, -0.25) is 0 Å². The lowest BCUT2D eigenvalue weighted by Gasteiger charge is -2.35. The van der Waals surface area contributed by atoms with Gasteiger partial charge in [0.2, 0.25) is 0 Å². The van der Waals surface area contributed by atoms with Gasteiger partial charge in [0.05, 0.1) is 6.04 Å². The number of rotatable bonds is 3. The smallest absolute Gasteiger partial charge is 0.134 e. The summed E-state index contributed by atoms with van der Waals surface area (Å²) in [6.07, 6.45) is 3.93.